The number of ether oxygens (including phenoxy) is 1. The van der Waals surface area contributed by atoms with Crippen molar-refractivity contribution in [2.24, 2.45) is 5.73 Å². The van der Waals surface area contributed by atoms with Crippen LogP contribution in [-0.4, -0.2) is 43.2 Å². The predicted octanol–water partition coefficient (Wildman–Crippen LogP) is 0.919. The Bertz CT molecular complexity index is 247. The van der Waals surface area contributed by atoms with Gasteiger partial charge in [0.25, 0.3) is 0 Å². The van der Waals surface area contributed by atoms with E-state index in [0.717, 1.165) is 25.7 Å². The third-order valence-corrected chi connectivity index (χ3v) is 3.12. The second kappa shape index (κ2) is 6.01. The molecule has 0 saturated heterocycles. The Kier molecular flexibility index (Phi) is 4.96. The molecule has 4 nitrogen and oxygen atoms in total. The maximum Gasteiger partial charge on any atom is 0.243 e. The Morgan fingerprint density at radius 3 is 2.69 bits per heavy atom. The molecule has 4 heteroatoms. The van der Waals surface area contributed by atoms with E-state index in [-0.39, 0.29) is 5.91 Å². The van der Waals surface area contributed by atoms with E-state index in [0.29, 0.717) is 19.7 Å². The Labute approximate surface area is 97.4 Å². The van der Waals surface area contributed by atoms with Gasteiger partial charge in [0.15, 0.2) is 0 Å². The summed E-state index contributed by atoms with van der Waals surface area (Å²) in [4.78, 5) is 14.0. The van der Waals surface area contributed by atoms with Crippen LogP contribution in [0.4, 0.5) is 0 Å². The summed E-state index contributed by atoms with van der Waals surface area (Å²) in [6.07, 6.45) is 5.42. The molecular weight excluding hydrogens is 204 g/mol. The third kappa shape index (κ3) is 3.06. The van der Waals surface area contributed by atoms with Crippen LogP contribution in [0.3, 0.4) is 0 Å². The number of amides is 1. The molecule has 1 amide bonds. The number of carbonyl (C=O) groups is 1. The number of nitrogens with two attached hydrogens (primary N) is 1. The van der Waals surface area contributed by atoms with Crippen molar-refractivity contribution in [3.05, 3.63) is 12.7 Å². The number of carbonyl (C=O) groups excluding carboxylic acids is 1. The highest BCUT2D eigenvalue weighted by Gasteiger charge is 2.39. The quantitative estimate of drug-likeness (QED) is 0.685. The maximum atomic E-state index is 12.3. The fourth-order valence-corrected chi connectivity index (χ4v) is 2.17. The molecule has 2 N–H and O–H groups in total. The van der Waals surface area contributed by atoms with Gasteiger partial charge in [0.05, 0.1) is 12.1 Å². The van der Waals surface area contributed by atoms with Crippen LogP contribution in [0.1, 0.15) is 25.7 Å². The highest BCUT2D eigenvalue weighted by Crippen LogP contribution is 2.28. The molecule has 1 fully saturated rings. The van der Waals surface area contributed by atoms with Gasteiger partial charge in [-0.3, -0.25) is 4.79 Å². The van der Waals surface area contributed by atoms with E-state index in [2.05, 4.69) is 6.58 Å². The molecule has 0 bridgehead atoms. The summed E-state index contributed by atoms with van der Waals surface area (Å²) in [5, 5.41) is 0. The largest absolute Gasteiger partial charge is 0.383 e. The first-order valence-corrected chi connectivity index (χ1v) is 5.82. The van der Waals surface area contributed by atoms with Crippen LogP contribution in [0.15, 0.2) is 12.7 Å². The molecule has 0 atom stereocenters. The second-order valence-electron chi connectivity index (χ2n) is 4.40. The zero-order chi connectivity index (χ0) is 12.0. The van der Waals surface area contributed by atoms with Gasteiger partial charge in [0, 0.05) is 20.2 Å². The smallest absolute Gasteiger partial charge is 0.243 e. The molecule has 1 aliphatic rings. The number of hydrogen-bond acceptors (Lipinski definition) is 3. The van der Waals surface area contributed by atoms with Crippen LogP contribution in [0.5, 0.6) is 0 Å². The lowest BCUT2D eigenvalue weighted by Crippen LogP contribution is -2.54. The van der Waals surface area contributed by atoms with Gasteiger partial charge in [0.2, 0.25) is 5.91 Å². The summed E-state index contributed by atoms with van der Waals surface area (Å²) in [5.74, 6) is 0.0435. The van der Waals surface area contributed by atoms with Crippen molar-refractivity contribution < 1.29 is 9.53 Å². The van der Waals surface area contributed by atoms with Crippen molar-refractivity contribution >= 4 is 5.91 Å². The van der Waals surface area contributed by atoms with Crippen molar-refractivity contribution in [3.63, 3.8) is 0 Å². The molecule has 0 aliphatic heterocycles. The van der Waals surface area contributed by atoms with E-state index in [4.69, 9.17) is 10.5 Å². The zero-order valence-corrected chi connectivity index (χ0v) is 10.1. The van der Waals surface area contributed by atoms with Crippen molar-refractivity contribution in [1.82, 2.24) is 4.90 Å². The lowest BCUT2D eigenvalue weighted by atomic mass is 9.97. The van der Waals surface area contributed by atoms with Gasteiger partial charge in [-0.2, -0.15) is 0 Å². The van der Waals surface area contributed by atoms with Gasteiger partial charge < -0.3 is 15.4 Å². The summed E-state index contributed by atoms with van der Waals surface area (Å²) in [6, 6.07) is 0. The van der Waals surface area contributed by atoms with E-state index >= 15 is 0 Å². The van der Waals surface area contributed by atoms with Gasteiger partial charge in [0.1, 0.15) is 0 Å². The van der Waals surface area contributed by atoms with Crippen LogP contribution in [0, 0.1) is 0 Å². The third-order valence-electron chi connectivity index (χ3n) is 3.12. The van der Waals surface area contributed by atoms with Gasteiger partial charge in [-0.1, -0.05) is 18.9 Å². The monoisotopic (exact) mass is 226 g/mol. The normalized spacial score (nSPS) is 18.4. The van der Waals surface area contributed by atoms with Crippen molar-refractivity contribution in [2.75, 3.05) is 26.8 Å². The predicted molar refractivity (Wildman–Crippen MR) is 64.0 cm³/mol. The number of methoxy groups -OCH3 is 1. The molecule has 0 aromatic heterocycles. The molecule has 0 heterocycles. The Morgan fingerprint density at radius 2 is 2.19 bits per heavy atom. The number of hydrogen-bond donors (Lipinski definition) is 1. The van der Waals surface area contributed by atoms with Crippen molar-refractivity contribution in [1.29, 1.82) is 0 Å². The maximum absolute atomic E-state index is 12.3. The van der Waals surface area contributed by atoms with E-state index in [1.807, 2.05) is 0 Å². The summed E-state index contributed by atoms with van der Waals surface area (Å²) in [6.45, 7) is 5.33. The van der Waals surface area contributed by atoms with Crippen LogP contribution in [0.2, 0.25) is 0 Å². The average Bonchev–Trinajstić information content (AvgIpc) is 2.72. The molecule has 0 aromatic rings. The minimum Gasteiger partial charge on any atom is -0.383 e. The Hall–Kier alpha value is -0.870. The second-order valence-corrected chi connectivity index (χ2v) is 4.40. The SMILES string of the molecule is C=CCN(CCOC)C(=O)C1(N)CCCC1. The van der Waals surface area contributed by atoms with Crippen LogP contribution >= 0.6 is 0 Å². The van der Waals surface area contributed by atoms with Crippen molar-refractivity contribution in [2.45, 2.75) is 31.2 Å². The van der Waals surface area contributed by atoms with E-state index < -0.39 is 5.54 Å². The number of nitrogens with zero attached hydrogens (tertiary/aromatic N) is 1. The molecule has 16 heavy (non-hydrogen) atoms. The van der Waals surface area contributed by atoms with Crippen LogP contribution in [-0.2, 0) is 9.53 Å². The fourth-order valence-electron chi connectivity index (χ4n) is 2.17. The summed E-state index contributed by atoms with van der Waals surface area (Å²) < 4.78 is 5.00. The lowest BCUT2D eigenvalue weighted by molar-refractivity contribution is -0.136. The average molecular weight is 226 g/mol. The molecular formula is C12H22N2O2. The molecule has 1 rings (SSSR count). The lowest BCUT2D eigenvalue weighted by Gasteiger charge is -2.30. The standard InChI is InChI=1S/C12H22N2O2/c1-3-8-14(9-10-16-2)11(15)12(13)6-4-5-7-12/h3H,1,4-10,13H2,2H3. The summed E-state index contributed by atoms with van der Waals surface area (Å²) in [7, 11) is 1.63. The molecule has 0 aromatic carbocycles. The van der Waals surface area contributed by atoms with E-state index in [1.54, 1.807) is 18.1 Å². The van der Waals surface area contributed by atoms with Gasteiger partial charge in [-0.25, -0.2) is 0 Å². The minimum absolute atomic E-state index is 0.0435. The summed E-state index contributed by atoms with van der Waals surface area (Å²) >= 11 is 0. The minimum atomic E-state index is -0.642. The van der Waals surface area contributed by atoms with Gasteiger partial charge in [-0.15, -0.1) is 6.58 Å². The van der Waals surface area contributed by atoms with Crippen LogP contribution < -0.4 is 5.73 Å². The molecule has 1 saturated carbocycles. The first-order chi connectivity index (χ1) is 7.64. The van der Waals surface area contributed by atoms with E-state index in [9.17, 15) is 4.79 Å². The zero-order valence-electron chi connectivity index (χ0n) is 10.1. The first kappa shape index (κ1) is 13.2. The highest BCUT2D eigenvalue weighted by atomic mass is 16.5. The Morgan fingerprint density at radius 1 is 1.56 bits per heavy atom. The van der Waals surface area contributed by atoms with Gasteiger partial charge >= 0.3 is 0 Å². The Balaban J connectivity index is 2.61. The van der Waals surface area contributed by atoms with Gasteiger partial charge in [-0.05, 0) is 12.8 Å². The van der Waals surface area contributed by atoms with Crippen molar-refractivity contribution in [3.8, 4) is 0 Å². The highest BCUT2D eigenvalue weighted by molar-refractivity contribution is 5.86. The topological polar surface area (TPSA) is 55.6 Å². The molecule has 0 radical (unpaired) electrons. The molecule has 0 spiro atoms. The molecule has 0 unspecified atom stereocenters. The molecule has 1 aliphatic carbocycles. The van der Waals surface area contributed by atoms with E-state index in [1.165, 1.54) is 0 Å². The number of rotatable bonds is 6. The summed E-state index contributed by atoms with van der Waals surface area (Å²) in [5.41, 5.74) is 5.50. The van der Waals surface area contributed by atoms with Crippen LogP contribution in [0.25, 0.3) is 0 Å². The first-order valence-electron chi connectivity index (χ1n) is 5.82. The fraction of sp³-hybridized carbons (Fsp3) is 0.750. The molecule has 92 valence electrons.